The SMILES string of the molecule is O=C(Cn1c(=O)oc2ccccc21)Nc1ccccc1N1CCCC1. The van der Waals surface area contributed by atoms with Crippen LogP contribution >= 0.6 is 0 Å². The lowest BCUT2D eigenvalue weighted by Crippen LogP contribution is -2.26. The molecule has 1 saturated heterocycles. The zero-order valence-corrected chi connectivity index (χ0v) is 13.8. The van der Waals surface area contributed by atoms with Crippen LogP contribution in [-0.4, -0.2) is 23.6 Å². The van der Waals surface area contributed by atoms with Gasteiger partial charge in [-0.2, -0.15) is 0 Å². The van der Waals surface area contributed by atoms with Gasteiger partial charge < -0.3 is 14.6 Å². The van der Waals surface area contributed by atoms with Gasteiger partial charge in [-0.1, -0.05) is 24.3 Å². The molecule has 1 aliphatic rings. The van der Waals surface area contributed by atoms with Crippen LogP contribution in [0.4, 0.5) is 11.4 Å². The van der Waals surface area contributed by atoms with Crippen molar-refractivity contribution in [3.63, 3.8) is 0 Å². The lowest BCUT2D eigenvalue weighted by Gasteiger charge is -2.21. The maximum Gasteiger partial charge on any atom is 0.420 e. The van der Waals surface area contributed by atoms with Crippen LogP contribution in [0.2, 0.25) is 0 Å². The number of rotatable bonds is 4. The monoisotopic (exact) mass is 337 g/mol. The summed E-state index contributed by atoms with van der Waals surface area (Å²) in [7, 11) is 0. The number of hydrogen-bond donors (Lipinski definition) is 1. The van der Waals surface area contributed by atoms with E-state index >= 15 is 0 Å². The molecule has 1 aliphatic heterocycles. The topological polar surface area (TPSA) is 67.5 Å². The van der Waals surface area contributed by atoms with Crippen LogP contribution in [-0.2, 0) is 11.3 Å². The van der Waals surface area contributed by atoms with Gasteiger partial charge >= 0.3 is 5.76 Å². The largest absolute Gasteiger partial charge is 0.420 e. The molecule has 6 nitrogen and oxygen atoms in total. The molecule has 128 valence electrons. The first-order valence-corrected chi connectivity index (χ1v) is 8.44. The molecule has 2 aromatic carbocycles. The second-order valence-corrected chi connectivity index (χ2v) is 6.18. The number of para-hydroxylation sites is 4. The molecule has 1 fully saturated rings. The number of amides is 1. The minimum Gasteiger partial charge on any atom is -0.408 e. The quantitative estimate of drug-likeness (QED) is 0.795. The normalized spacial score (nSPS) is 14.2. The highest BCUT2D eigenvalue weighted by Crippen LogP contribution is 2.28. The molecule has 1 N–H and O–H groups in total. The molecule has 0 saturated carbocycles. The summed E-state index contributed by atoms with van der Waals surface area (Å²) >= 11 is 0. The van der Waals surface area contributed by atoms with Crippen molar-refractivity contribution in [1.82, 2.24) is 4.57 Å². The van der Waals surface area contributed by atoms with Gasteiger partial charge in [-0.15, -0.1) is 0 Å². The molecule has 0 bridgehead atoms. The third kappa shape index (κ3) is 3.03. The van der Waals surface area contributed by atoms with Gasteiger partial charge in [-0.25, -0.2) is 4.79 Å². The highest BCUT2D eigenvalue weighted by molar-refractivity contribution is 5.94. The van der Waals surface area contributed by atoms with Crippen molar-refractivity contribution in [3.05, 3.63) is 59.1 Å². The van der Waals surface area contributed by atoms with E-state index in [1.165, 1.54) is 17.4 Å². The molecule has 3 aromatic rings. The molecule has 1 aromatic heterocycles. The Hall–Kier alpha value is -3.02. The Morgan fingerprint density at radius 3 is 2.60 bits per heavy atom. The molecule has 4 rings (SSSR count). The summed E-state index contributed by atoms with van der Waals surface area (Å²) in [4.78, 5) is 26.8. The first kappa shape index (κ1) is 15.5. The van der Waals surface area contributed by atoms with E-state index in [0.717, 1.165) is 24.5 Å². The van der Waals surface area contributed by atoms with Gasteiger partial charge in [-0.05, 0) is 37.1 Å². The highest BCUT2D eigenvalue weighted by atomic mass is 16.4. The molecular weight excluding hydrogens is 318 g/mol. The van der Waals surface area contributed by atoms with Gasteiger partial charge in [0, 0.05) is 13.1 Å². The fourth-order valence-corrected chi connectivity index (χ4v) is 3.31. The van der Waals surface area contributed by atoms with E-state index in [1.807, 2.05) is 30.3 Å². The minimum absolute atomic E-state index is 0.0792. The smallest absolute Gasteiger partial charge is 0.408 e. The number of aromatic nitrogens is 1. The number of carbonyl (C=O) groups excluding carboxylic acids is 1. The van der Waals surface area contributed by atoms with Crippen molar-refractivity contribution in [2.24, 2.45) is 0 Å². The van der Waals surface area contributed by atoms with E-state index in [9.17, 15) is 9.59 Å². The number of benzene rings is 2. The third-order valence-electron chi connectivity index (χ3n) is 4.50. The van der Waals surface area contributed by atoms with Crippen LogP contribution in [0.15, 0.2) is 57.7 Å². The maximum absolute atomic E-state index is 12.5. The van der Waals surface area contributed by atoms with Crippen LogP contribution in [0.25, 0.3) is 11.1 Å². The average Bonchev–Trinajstić information content (AvgIpc) is 3.24. The number of carbonyl (C=O) groups is 1. The van der Waals surface area contributed by atoms with E-state index < -0.39 is 5.76 Å². The van der Waals surface area contributed by atoms with Gasteiger partial charge in [0.15, 0.2) is 5.58 Å². The third-order valence-corrected chi connectivity index (χ3v) is 4.50. The number of anilines is 2. The van der Waals surface area contributed by atoms with E-state index in [2.05, 4.69) is 10.2 Å². The zero-order valence-electron chi connectivity index (χ0n) is 13.8. The molecule has 0 aliphatic carbocycles. The summed E-state index contributed by atoms with van der Waals surface area (Å²) in [6.07, 6.45) is 2.33. The Morgan fingerprint density at radius 2 is 1.76 bits per heavy atom. The Balaban J connectivity index is 1.57. The molecule has 1 amide bonds. The Kier molecular flexibility index (Phi) is 4.01. The first-order chi connectivity index (χ1) is 12.2. The molecule has 0 atom stereocenters. The van der Waals surface area contributed by atoms with Crippen LogP contribution in [0.3, 0.4) is 0 Å². The number of fused-ring (bicyclic) bond motifs is 1. The predicted molar refractivity (Wildman–Crippen MR) is 97.0 cm³/mol. The van der Waals surface area contributed by atoms with Crippen molar-refractivity contribution in [2.45, 2.75) is 19.4 Å². The van der Waals surface area contributed by atoms with Gasteiger partial charge in [0.05, 0.1) is 16.9 Å². The Labute approximate surface area is 144 Å². The minimum atomic E-state index is -0.524. The molecule has 25 heavy (non-hydrogen) atoms. The zero-order chi connectivity index (χ0) is 17.2. The summed E-state index contributed by atoms with van der Waals surface area (Å²) < 4.78 is 6.52. The van der Waals surface area contributed by atoms with Crippen LogP contribution < -0.4 is 16.0 Å². The van der Waals surface area contributed by atoms with Crippen LogP contribution in [0.1, 0.15) is 12.8 Å². The van der Waals surface area contributed by atoms with Crippen molar-refractivity contribution < 1.29 is 9.21 Å². The molecular formula is C19H19N3O3. The van der Waals surface area contributed by atoms with Gasteiger partial charge in [0.1, 0.15) is 6.54 Å². The second kappa shape index (κ2) is 6.47. The lowest BCUT2D eigenvalue weighted by molar-refractivity contribution is -0.116. The van der Waals surface area contributed by atoms with E-state index in [0.29, 0.717) is 11.1 Å². The average molecular weight is 337 g/mol. The fraction of sp³-hybridized carbons (Fsp3) is 0.263. The van der Waals surface area contributed by atoms with Crippen LogP contribution in [0, 0.1) is 0 Å². The first-order valence-electron chi connectivity index (χ1n) is 8.44. The van der Waals surface area contributed by atoms with Gasteiger partial charge in [0.2, 0.25) is 5.91 Å². The number of hydrogen-bond acceptors (Lipinski definition) is 4. The van der Waals surface area contributed by atoms with E-state index in [-0.39, 0.29) is 12.5 Å². The Morgan fingerprint density at radius 1 is 1.04 bits per heavy atom. The highest BCUT2D eigenvalue weighted by Gasteiger charge is 2.17. The fourth-order valence-electron chi connectivity index (χ4n) is 3.31. The van der Waals surface area contributed by atoms with Crippen molar-refractivity contribution in [3.8, 4) is 0 Å². The summed E-state index contributed by atoms with van der Waals surface area (Å²) in [5.74, 6) is -0.774. The molecule has 0 unspecified atom stereocenters. The number of nitrogens with zero attached hydrogens (tertiary/aromatic N) is 2. The molecule has 0 spiro atoms. The van der Waals surface area contributed by atoms with Crippen LogP contribution in [0.5, 0.6) is 0 Å². The van der Waals surface area contributed by atoms with Gasteiger partial charge in [-0.3, -0.25) is 9.36 Å². The maximum atomic E-state index is 12.5. The molecule has 0 radical (unpaired) electrons. The van der Waals surface area contributed by atoms with Crippen molar-refractivity contribution in [2.75, 3.05) is 23.3 Å². The van der Waals surface area contributed by atoms with E-state index in [4.69, 9.17) is 4.42 Å². The van der Waals surface area contributed by atoms with Crippen molar-refractivity contribution in [1.29, 1.82) is 0 Å². The predicted octanol–water partition coefficient (Wildman–Crippen LogP) is 2.83. The number of nitrogens with one attached hydrogen (secondary N) is 1. The molecule has 6 heteroatoms. The Bertz CT molecular complexity index is 967. The van der Waals surface area contributed by atoms with Gasteiger partial charge in [0.25, 0.3) is 0 Å². The lowest BCUT2D eigenvalue weighted by atomic mass is 10.2. The summed E-state index contributed by atoms with van der Waals surface area (Å²) in [6.45, 7) is 1.92. The van der Waals surface area contributed by atoms with E-state index in [1.54, 1.807) is 18.2 Å². The van der Waals surface area contributed by atoms with Crippen molar-refractivity contribution >= 4 is 28.4 Å². The number of oxazole rings is 1. The summed E-state index contributed by atoms with van der Waals surface area (Å²) in [5.41, 5.74) is 2.90. The molecule has 2 heterocycles. The second-order valence-electron chi connectivity index (χ2n) is 6.18. The summed E-state index contributed by atoms with van der Waals surface area (Å²) in [6, 6.07) is 14.9. The summed E-state index contributed by atoms with van der Waals surface area (Å²) in [5, 5.41) is 2.94. The standard InChI is InChI=1S/C19H19N3O3/c23-18(13-22-16-9-3-4-10-17(16)25-19(22)24)20-14-7-1-2-8-15(14)21-11-5-6-12-21/h1-4,7-10H,5-6,11-13H2,(H,20,23).